The van der Waals surface area contributed by atoms with E-state index in [1.165, 1.54) is 0 Å². The summed E-state index contributed by atoms with van der Waals surface area (Å²) in [6.07, 6.45) is 0.737. The lowest BCUT2D eigenvalue weighted by Crippen LogP contribution is -2.16. The van der Waals surface area contributed by atoms with E-state index in [4.69, 9.17) is 16.0 Å². The molecule has 0 amide bonds. The zero-order valence-corrected chi connectivity index (χ0v) is 11.3. The first-order valence-electron chi connectivity index (χ1n) is 6.00. The standard InChI is InChI=1S/C13H16ClN3O/c1-3-15-7-6-12-16-17-13(18-12)11-8-10(14)5-4-9(11)2/h4-5,8,15H,3,6-7H2,1-2H3. The van der Waals surface area contributed by atoms with Gasteiger partial charge in [-0.3, -0.25) is 0 Å². The first kappa shape index (κ1) is 13.1. The molecule has 4 nitrogen and oxygen atoms in total. The first-order valence-corrected chi connectivity index (χ1v) is 6.38. The molecule has 2 aromatic rings. The average molecular weight is 266 g/mol. The second kappa shape index (κ2) is 5.98. The van der Waals surface area contributed by atoms with E-state index in [9.17, 15) is 0 Å². The molecule has 0 saturated carbocycles. The molecule has 1 aromatic heterocycles. The molecule has 2 rings (SSSR count). The minimum absolute atomic E-state index is 0.529. The highest BCUT2D eigenvalue weighted by Crippen LogP contribution is 2.25. The highest BCUT2D eigenvalue weighted by molar-refractivity contribution is 6.30. The summed E-state index contributed by atoms with van der Waals surface area (Å²) in [6, 6.07) is 5.64. The Hall–Kier alpha value is -1.39. The van der Waals surface area contributed by atoms with Crippen LogP contribution in [0.25, 0.3) is 11.5 Å². The predicted molar refractivity (Wildman–Crippen MR) is 71.7 cm³/mol. The van der Waals surface area contributed by atoms with Crippen molar-refractivity contribution in [1.29, 1.82) is 0 Å². The van der Waals surface area contributed by atoms with Crippen LogP contribution in [0.3, 0.4) is 0 Å². The molecule has 0 aliphatic rings. The van der Waals surface area contributed by atoms with E-state index in [1.807, 2.05) is 25.1 Å². The predicted octanol–water partition coefficient (Wildman–Crippen LogP) is 2.85. The van der Waals surface area contributed by atoms with Gasteiger partial charge in [-0.15, -0.1) is 10.2 Å². The van der Waals surface area contributed by atoms with Gasteiger partial charge >= 0.3 is 0 Å². The van der Waals surface area contributed by atoms with Crippen LogP contribution in [0, 0.1) is 6.92 Å². The summed E-state index contributed by atoms with van der Waals surface area (Å²) in [5, 5.41) is 12.0. The third-order valence-electron chi connectivity index (χ3n) is 2.66. The van der Waals surface area contributed by atoms with Gasteiger partial charge in [0.25, 0.3) is 0 Å². The Kier molecular flexibility index (Phi) is 4.33. The normalized spacial score (nSPS) is 10.8. The van der Waals surface area contributed by atoms with Gasteiger partial charge < -0.3 is 9.73 Å². The fraction of sp³-hybridized carbons (Fsp3) is 0.385. The van der Waals surface area contributed by atoms with Crippen molar-refractivity contribution in [1.82, 2.24) is 15.5 Å². The second-order valence-corrected chi connectivity index (χ2v) is 4.50. The largest absolute Gasteiger partial charge is 0.421 e. The van der Waals surface area contributed by atoms with E-state index in [0.29, 0.717) is 16.8 Å². The van der Waals surface area contributed by atoms with Crippen LogP contribution in [0.1, 0.15) is 18.4 Å². The van der Waals surface area contributed by atoms with Gasteiger partial charge in [-0.1, -0.05) is 24.6 Å². The van der Waals surface area contributed by atoms with Crippen molar-refractivity contribution in [3.63, 3.8) is 0 Å². The fourth-order valence-corrected chi connectivity index (χ4v) is 1.83. The monoisotopic (exact) mass is 265 g/mol. The number of hydrogen-bond acceptors (Lipinski definition) is 4. The Morgan fingerprint density at radius 1 is 1.33 bits per heavy atom. The molecule has 0 aliphatic carbocycles. The Bertz CT molecular complexity index is 525. The SMILES string of the molecule is CCNCCc1nnc(-c2cc(Cl)ccc2C)o1. The van der Waals surface area contributed by atoms with Gasteiger partial charge in [0.1, 0.15) is 0 Å². The highest BCUT2D eigenvalue weighted by Gasteiger charge is 2.11. The number of aromatic nitrogens is 2. The molecule has 0 radical (unpaired) electrons. The lowest BCUT2D eigenvalue weighted by atomic mass is 10.1. The molecule has 0 atom stereocenters. The summed E-state index contributed by atoms with van der Waals surface area (Å²) < 4.78 is 5.63. The number of rotatable bonds is 5. The first-order chi connectivity index (χ1) is 8.70. The van der Waals surface area contributed by atoms with Crippen LogP contribution in [0.4, 0.5) is 0 Å². The molecule has 0 aliphatic heterocycles. The summed E-state index contributed by atoms with van der Waals surface area (Å²) in [6.45, 7) is 5.84. The summed E-state index contributed by atoms with van der Waals surface area (Å²) in [5.41, 5.74) is 1.96. The van der Waals surface area contributed by atoms with Crippen molar-refractivity contribution in [3.05, 3.63) is 34.7 Å². The van der Waals surface area contributed by atoms with E-state index < -0.39 is 0 Å². The second-order valence-electron chi connectivity index (χ2n) is 4.06. The van der Waals surface area contributed by atoms with Gasteiger partial charge in [-0.25, -0.2) is 0 Å². The van der Waals surface area contributed by atoms with Crippen molar-refractivity contribution in [2.24, 2.45) is 0 Å². The van der Waals surface area contributed by atoms with Crippen LogP contribution in [0.2, 0.25) is 5.02 Å². The molecule has 0 spiro atoms. The quantitative estimate of drug-likeness (QED) is 0.845. The van der Waals surface area contributed by atoms with Crippen molar-refractivity contribution in [2.75, 3.05) is 13.1 Å². The minimum atomic E-state index is 0.529. The molecule has 1 N–H and O–H groups in total. The van der Waals surface area contributed by atoms with Gasteiger partial charge in [0.05, 0.1) is 0 Å². The van der Waals surface area contributed by atoms with Crippen LogP contribution in [-0.2, 0) is 6.42 Å². The molecule has 0 fully saturated rings. The maximum absolute atomic E-state index is 5.98. The van der Waals surface area contributed by atoms with Crippen LogP contribution < -0.4 is 5.32 Å². The van der Waals surface area contributed by atoms with E-state index >= 15 is 0 Å². The van der Waals surface area contributed by atoms with Crippen LogP contribution in [-0.4, -0.2) is 23.3 Å². The smallest absolute Gasteiger partial charge is 0.248 e. The van der Waals surface area contributed by atoms with E-state index in [1.54, 1.807) is 0 Å². The van der Waals surface area contributed by atoms with Crippen molar-refractivity contribution < 1.29 is 4.42 Å². The van der Waals surface area contributed by atoms with Crippen LogP contribution >= 0.6 is 11.6 Å². The van der Waals surface area contributed by atoms with Crippen LogP contribution in [0.15, 0.2) is 22.6 Å². The number of halogens is 1. The van der Waals surface area contributed by atoms with E-state index in [0.717, 1.165) is 30.6 Å². The average Bonchev–Trinajstić information content (AvgIpc) is 2.81. The topological polar surface area (TPSA) is 51.0 Å². The Balaban J connectivity index is 2.16. The van der Waals surface area contributed by atoms with E-state index in [-0.39, 0.29) is 0 Å². The third-order valence-corrected chi connectivity index (χ3v) is 2.90. The zero-order chi connectivity index (χ0) is 13.0. The fourth-order valence-electron chi connectivity index (χ4n) is 1.66. The Morgan fingerprint density at radius 2 is 2.17 bits per heavy atom. The zero-order valence-electron chi connectivity index (χ0n) is 10.5. The van der Waals surface area contributed by atoms with Crippen LogP contribution in [0.5, 0.6) is 0 Å². The molecule has 5 heteroatoms. The molecule has 0 saturated heterocycles. The van der Waals surface area contributed by atoms with Crippen molar-refractivity contribution >= 4 is 11.6 Å². The lowest BCUT2D eigenvalue weighted by molar-refractivity contribution is 0.496. The molecule has 18 heavy (non-hydrogen) atoms. The highest BCUT2D eigenvalue weighted by atomic mass is 35.5. The Morgan fingerprint density at radius 3 is 2.94 bits per heavy atom. The maximum atomic E-state index is 5.98. The summed E-state index contributed by atoms with van der Waals surface area (Å²) in [5.74, 6) is 1.17. The number of hydrogen-bond donors (Lipinski definition) is 1. The lowest BCUT2D eigenvalue weighted by Gasteiger charge is -2.01. The summed E-state index contributed by atoms with van der Waals surface area (Å²) in [7, 11) is 0. The number of benzene rings is 1. The molecule has 0 unspecified atom stereocenters. The summed E-state index contributed by atoms with van der Waals surface area (Å²) in [4.78, 5) is 0. The third kappa shape index (κ3) is 3.09. The number of aryl methyl sites for hydroxylation is 1. The van der Waals surface area contributed by atoms with Crippen molar-refractivity contribution in [2.45, 2.75) is 20.3 Å². The molecule has 96 valence electrons. The molecular formula is C13H16ClN3O. The van der Waals surface area contributed by atoms with Gasteiger partial charge in [0, 0.05) is 23.6 Å². The Labute approximate surface area is 111 Å². The van der Waals surface area contributed by atoms with Gasteiger partial charge in [-0.2, -0.15) is 0 Å². The van der Waals surface area contributed by atoms with Gasteiger partial charge in [0.2, 0.25) is 11.8 Å². The minimum Gasteiger partial charge on any atom is -0.421 e. The number of nitrogens with one attached hydrogen (secondary N) is 1. The molecule has 0 bridgehead atoms. The maximum Gasteiger partial charge on any atom is 0.248 e. The van der Waals surface area contributed by atoms with Gasteiger partial charge in [0.15, 0.2) is 0 Å². The molecule has 1 aromatic carbocycles. The number of nitrogens with zero attached hydrogens (tertiary/aromatic N) is 2. The molecule has 1 heterocycles. The molecular weight excluding hydrogens is 250 g/mol. The summed E-state index contributed by atoms with van der Waals surface area (Å²) >= 11 is 5.98. The van der Waals surface area contributed by atoms with Crippen molar-refractivity contribution in [3.8, 4) is 11.5 Å². The number of likely N-dealkylation sites (N-methyl/N-ethyl adjacent to an activating group) is 1. The van der Waals surface area contributed by atoms with Gasteiger partial charge in [-0.05, 0) is 31.2 Å². The van der Waals surface area contributed by atoms with E-state index in [2.05, 4.69) is 22.4 Å².